The summed E-state index contributed by atoms with van der Waals surface area (Å²) in [5.41, 5.74) is 1.46. The zero-order chi connectivity index (χ0) is 12.3. The predicted octanol–water partition coefficient (Wildman–Crippen LogP) is 4.99. The van der Waals surface area contributed by atoms with Crippen molar-refractivity contribution in [3.05, 3.63) is 20.8 Å². The van der Waals surface area contributed by atoms with Gasteiger partial charge in [0, 0.05) is 15.9 Å². The number of hydrogen-bond acceptors (Lipinski definition) is 2. The summed E-state index contributed by atoms with van der Waals surface area (Å²) in [6, 6.07) is 0.536. The molecule has 96 valence electrons. The summed E-state index contributed by atoms with van der Waals surface area (Å²) in [4.78, 5) is 0. The maximum atomic E-state index is 3.67. The van der Waals surface area contributed by atoms with Crippen molar-refractivity contribution in [3.8, 4) is 0 Å². The second kappa shape index (κ2) is 6.35. The van der Waals surface area contributed by atoms with Crippen LogP contribution >= 0.6 is 27.3 Å². The highest BCUT2D eigenvalue weighted by Crippen LogP contribution is 2.40. The number of rotatable bonds is 4. The van der Waals surface area contributed by atoms with Gasteiger partial charge in [-0.3, -0.25) is 0 Å². The average Bonchev–Trinajstić information content (AvgIpc) is 2.78. The minimum Gasteiger partial charge on any atom is -0.313 e. The van der Waals surface area contributed by atoms with Crippen molar-refractivity contribution in [1.29, 1.82) is 0 Å². The topological polar surface area (TPSA) is 12.0 Å². The van der Waals surface area contributed by atoms with Crippen molar-refractivity contribution in [3.63, 3.8) is 0 Å². The Labute approximate surface area is 117 Å². The Morgan fingerprint density at radius 1 is 1.35 bits per heavy atom. The number of hydrogen-bond donors (Lipinski definition) is 1. The van der Waals surface area contributed by atoms with Gasteiger partial charge in [-0.1, -0.05) is 26.2 Å². The SMILES string of the molecule is CCC1CCC(C(NC)c2cscc2Br)CC1. The van der Waals surface area contributed by atoms with E-state index in [9.17, 15) is 0 Å². The first-order chi connectivity index (χ1) is 8.26. The highest BCUT2D eigenvalue weighted by molar-refractivity contribution is 9.10. The lowest BCUT2D eigenvalue weighted by Crippen LogP contribution is -2.28. The van der Waals surface area contributed by atoms with E-state index in [1.165, 1.54) is 42.1 Å². The maximum absolute atomic E-state index is 3.67. The fourth-order valence-corrected chi connectivity index (χ4v) is 4.67. The summed E-state index contributed by atoms with van der Waals surface area (Å²) in [7, 11) is 2.10. The summed E-state index contributed by atoms with van der Waals surface area (Å²) in [5.74, 6) is 1.79. The molecule has 1 N–H and O–H groups in total. The zero-order valence-electron chi connectivity index (χ0n) is 10.7. The van der Waals surface area contributed by atoms with Crippen molar-refractivity contribution < 1.29 is 0 Å². The summed E-state index contributed by atoms with van der Waals surface area (Å²) in [5, 5.41) is 8.01. The van der Waals surface area contributed by atoms with Crippen LogP contribution in [0.3, 0.4) is 0 Å². The van der Waals surface area contributed by atoms with Crippen molar-refractivity contribution >= 4 is 27.3 Å². The van der Waals surface area contributed by atoms with Gasteiger partial charge in [0.2, 0.25) is 0 Å². The monoisotopic (exact) mass is 315 g/mol. The molecule has 1 aromatic heterocycles. The average molecular weight is 316 g/mol. The molecule has 17 heavy (non-hydrogen) atoms. The molecule has 0 spiro atoms. The highest BCUT2D eigenvalue weighted by atomic mass is 79.9. The molecule has 1 unspecified atom stereocenters. The second-order valence-corrected chi connectivity index (χ2v) is 6.73. The van der Waals surface area contributed by atoms with Crippen LogP contribution in [-0.2, 0) is 0 Å². The number of thiophene rings is 1. The molecule has 1 aromatic rings. The van der Waals surface area contributed by atoms with E-state index in [4.69, 9.17) is 0 Å². The molecule has 1 fully saturated rings. The molecule has 1 nitrogen and oxygen atoms in total. The van der Waals surface area contributed by atoms with E-state index < -0.39 is 0 Å². The molecule has 0 saturated heterocycles. The van der Waals surface area contributed by atoms with Gasteiger partial charge in [0.15, 0.2) is 0 Å². The maximum Gasteiger partial charge on any atom is 0.0365 e. The lowest BCUT2D eigenvalue weighted by Gasteiger charge is -2.33. The minimum absolute atomic E-state index is 0.536. The van der Waals surface area contributed by atoms with Crippen molar-refractivity contribution in [2.75, 3.05) is 7.05 Å². The Bertz CT molecular complexity index is 342. The molecule has 3 heteroatoms. The van der Waals surface area contributed by atoms with Crippen molar-refractivity contribution in [1.82, 2.24) is 5.32 Å². The Morgan fingerprint density at radius 2 is 2.06 bits per heavy atom. The standard InChI is InChI=1S/C14H22BrNS/c1-3-10-4-6-11(7-5-10)14(16-2)12-8-17-9-13(12)15/h8-11,14,16H,3-7H2,1-2H3. The quantitative estimate of drug-likeness (QED) is 0.825. The van der Waals surface area contributed by atoms with Crippen LogP contribution in [0.4, 0.5) is 0 Å². The molecule has 1 heterocycles. The van der Waals surface area contributed by atoms with Crippen LogP contribution in [0.15, 0.2) is 15.2 Å². The van der Waals surface area contributed by atoms with E-state index in [1.807, 2.05) is 0 Å². The van der Waals surface area contributed by atoms with Crippen LogP contribution in [0.1, 0.15) is 50.6 Å². The van der Waals surface area contributed by atoms with Gasteiger partial charge in [-0.05, 0) is 58.6 Å². The Balaban J connectivity index is 2.03. The van der Waals surface area contributed by atoms with Crippen LogP contribution in [-0.4, -0.2) is 7.05 Å². The van der Waals surface area contributed by atoms with Crippen LogP contribution in [0.2, 0.25) is 0 Å². The Morgan fingerprint density at radius 3 is 2.53 bits per heavy atom. The third-order valence-corrected chi connectivity index (χ3v) is 5.98. The van der Waals surface area contributed by atoms with Gasteiger partial charge in [0.1, 0.15) is 0 Å². The first-order valence-corrected chi connectivity index (χ1v) is 8.38. The molecule has 0 aliphatic heterocycles. The summed E-state index contributed by atoms with van der Waals surface area (Å²) in [6.07, 6.45) is 6.96. The Kier molecular flexibility index (Phi) is 5.07. The molecule has 0 aromatic carbocycles. The highest BCUT2D eigenvalue weighted by Gasteiger charge is 2.28. The third kappa shape index (κ3) is 3.12. The molecule has 1 aliphatic carbocycles. The predicted molar refractivity (Wildman–Crippen MR) is 79.6 cm³/mol. The number of nitrogens with one attached hydrogen (secondary N) is 1. The van der Waals surface area contributed by atoms with Crippen LogP contribution in [0, 0.1) is 11.8 Å². The van der Waals surface area contributed by atoms with Gasteiger partial charge < -0.3 is 5.32 Å². The van der Waals surface area contributed by atoms with Crippen molar-refractivity contribution in [2.24, 2.45) is 11.8 Å². The van der Waals surface area contributed by atoms with Gasteiger partial charge in [-0.15, -0.1) is 0 Å². The lowest BCUT2D eigenvalue weighted by atomic mass is 9.76. The lowest BCUT2D eigenvalue weighted by molar-refractivity contribution is 0.224. The van der Waals surface area contributed by atoms with Crippen molar-refractivity contribution in [2.45, 2.75) is 45.1 Å². The largest absolute Gasteiger partial charge is 0.313 e. The van der Waals surface area contributed by atoms with Gasteiger partial charge >= 0.3 is 0 Å². The minimum atomic E-state index is 0.536. The van der Waals surface area contributed by atoms with E-state index in [0.717, 1.165) is 11.8 Å². The molecule has 1 aliphatic rings. The van der Waals surface area contributed by atoms with Gasteiger partial charge in [-0.25, -0.2) is 0 Å². The van der Waals surface area contributed by atoms with E-state index >= 15 is 0 Å². The molecule has 2 rings (SSSR count). The normalized spacial score (nSPS) is 27.0. The van der Waals surface area contributed by atoms with Crippen LogP contribution < -0.4 is 5.32 Å². The van der Waals surface area contributed by atoms with E-state index in [1.54, 1.807) is 11.3 Å². The molecular formula is C14H22BrNS. The van der Waals surface area contributed by atoms with E-state index in [0.29, 0.717) is 6.04 Å². The third-order valence-electron chi connectivity index (χ3n) is 4.23. The van der Waals surface area contributed by atoms with Gasteiger partial charge in [0.05, 0.1) is 0 Å². The Hall–Kier alpha value is 0.140. The fraction of sp³-hybridized carbons (Fsp3) is 0.714. The summed E-state index contributed by atoms with van der Waals surface area (Å²) < 4.78 is 1.28. The molecule has 1 saturated carbocycles. The smallest absolute Gasteiger partial charge is 0.0365 e. The van der Waals surface area contributed by atoms with Gasteiger partial charge in [-0.2, -0.15) is 11.3 Å². The summed E-state index contributed by atoms with van der Waals surface area (Å²) in [6.45, 7) is 2.33. The molecule has 1 atom stereocenters. The molecule has 0 bridgehead atoms. The van der Waals surface area contributed by atoms with Gasteiger partial charge in [0.25, 0.3) is 0 Å². The first-order valence-electron chi connectivity index (χ1n) is 6.65. The number of halogens is 1. The van der Waals surface area contributed by atoms with Crippen LogP contribution in [0.25, 0.3) is 0 Å². The van der Waals surface area contributed by atoms with E-state index in [-0.39, 0.29) is 0 Å². The summed E-state index contributed by atoms with van der Waals surface area (Å²) >= 11 is 5.46. The zero-order valence-corrected chi connectivity index (χ0v) is 13.1. The van der Waals surface area contributed by atoms with Crippen LogP contribution in [0.5, 0.6) is 0 Å². The fourth-order valence-electron chi connectivity index (χ4n) is 3.09. The molecular weight excluding hydrogens is 294 g/mol. The molecule has 0 amide bonds. The first kappa shape index (κ1) is 13.6. The molecule has 0 radical (unpaired) electrons. The second-order valence-electron chi connectivity index (χ2n) is 5.13. The van der Waals surface area contributed by atoms with E-state index in [2.05, 4.69) is 46.0 Å².